The Morgan fingerprint density at radius 1 is 1.32 bits per heavy atom. The summed E-state index contributed by atoms with van der Waals surface area (Å²) < 4.78 is 10.4. The molecule has 1 aromatic carbocycles. The molecule has 0 saturated carbocycles. The Kier molecular flexibility index (Phi) is 4.01. The van der Waals surface area contributed by atoms with Crippen molar-refractivity contribution >= 4 is 11.8 Å². The Morgan fingerprint density at radius 3 is 2.53 bits per heavy atom. The molecule has 2 amide bonds. The van der Waals surface area contributed by atoms with E-state index in [0.717, 1.165) is 0 Å². The van der Waals surface area contributed by atoms with Gasteiger partial charge in [0.05, 0.1) is 25.2 Å². The van der Waals surface area contributed by atoms with Crippen LogP contribution in [-0.2, 0) is 14.3 Å². The minimum atomic E-state index is -0.664. The van der Waals surface area contributed by atoms with E-state index in [9.17, 15) is 9.59 Å². The number of amides is 2. The summed E-state index contributed by atoms with van der Waals surface area (Å²) in [6.45, 7) is 0.491. The quantitative estimate of drug-likeness (QED) is 0.746. The van der Waals surface area contributed by atoms with Crippen molar-refractivity contribution in [3.63, 3.8) is 0 Å². The molecular formula is C13H16N2O4. The Balaban J connectivity index is 1.82. The first kappa shape index (κ1) is 13.4. The van der Waals surface area contributed by atoms with Gasteiger partial charge >= 0.3 is 0 Å². The number of para-hydroxylation sites is 1. The number of carbonyl (C=O) groups excluding carboxylic acids is 2. The summed E-state index contributed by atoms with van der Waals surface area (Å²) in [5, 5.41) is 2.74. The summed E-state index contributed by atoms with van der Waals surface area (Å²) in [4.78, 5) is 22.7. The predicted octanol–water partition coefficient (Wildman–Crippen LogP) is -0.174. The molecule has 0 aromatic heterocycles. The number of nitrogens with one attached hydrogen (secondary N) is 1. The Morgan fingerprint density at radius 2 is 2.00 bits per heavy atom. The van der Waals surface area contributed by atoms with Crippen LogP contribution in [0.15, 0.2) is 30.3 Å². The van der Waals surface area contributed by atoms with E-state index < -0.39 is 11.4 Å². The van der Waals surface area contributed by atoms with Gasteiger partial charge in [0.2, 0.25) is 5.91 Å². The highest BCUT2D eigenvalue weighted by molar-refractivity contribution is 5.81. The van der Waals surface area contributed by atoms with E-state index in [4.69, 9.17) is 15.2 Å². The molecule has 0 atom stereocenters. The second kappa shape index (κ2) is 5.71. The van der Waals surface area contributed by atoms with E-state index >= 15 is 0 Å². The van der Waals surface area contributed by atoms with Crippen LogP contribution < -0.4 is 15.8 Å². The Bertz CT molecular complexity index is 457. The molecule has 0 spiro atoms. The number of hydrogen-bond acceptors (Lipinski definition) is 4. The second-order valence-corrected chi connectivity index (χ2v) is 4.57. The largest absolute Gasteiger partial charge is 0.484 e. The summed E-state index contributed by atoms with van der Waals surface area (Å²) in [5.41, 5.74) is 4.49. The van der Waals surface area contributed by atoms with Gasteiger partial charge in [-0.3, -0.25) is 9.59 Å². The van der Waals surface area contributed by atoms with E-state index in [1.54, 1.807) is 12.1 Å². The number of benzene rings is 1. The van der Waals surface area contributed by atoms with Gasteiger partial charge in [-0.05, 0) is 12.1 Å². The summed E-state index contributed by atoms with van der Waals surface area (Å²) in [5.74, 6) is -0.146. The average Bonchev–Trinajstić information content (AvgIpc) is 2.34. The zero-order valence-corrected chi connectivity index (χ0v) is 10.4. The molecule has 19 heavy (non-hydrogen) atoms. The number of rotatable bonds is 6. The highest BCUT2D eigenvalue weighted by Crippen LogP contribution is 2.20. The fraction of sp³-hybridized carbons (Fsp3) is 0.385. The molecule has 2 rings (SSSR count). The average molecular weight is 264 g/mol. The van der Waals surface area contributed by atoms with Gasteiger partial charge in [-0.15, -0.1) is 0 Å². The highest BCUT2D eigenvalue weighted by Gasteiger charge is 2.41. The Hall–Kier alpha value is -2.08. The fourth-order valence-corrected chi connectivity index (χ4v) is 1.90. The first-order valence-corrected chi connectivity index (χ1v) is 5.95. The zero-order chi connectivity index (χ0) is 13.7. The molecule has 1 aromatic rings. The van der Waals surface area contributed by atoms with Crippen LogP contribution in [0.25, 0.3) is 0 Å². The van der Waals surface area contributed by atoms with Gasteiger partial charge in [-0.25, -0.2) is 0 Å². The van der Waals surface area contributed by atoms with Crippen molar-refractivity contribution in [2.45, 2.75) is 12.0 Å². The predicted molar refractivity (Wildman–Crippen MR) is 67.4 cm³/mol. The molecule has 1 heterocycles. The maximum atomic E-state index is 11.8. The number of nitrogens with two attached hydrogens (primary N) is 1. The SMILES string of the molecule is NC(=O)CC1(NC(=O)COc2ccccc2)COC1. The topological polar surface area (TPSA) is 90.7 Å². The normalized spacial score (nSPS) is 16.2. The third-order valence-corrected chi connectivity index (χ3v) is 2.79. The lowest BCUT2D eigenvalue weighted by Gasteiger charge is -2.41. The summed E-state index contributed by atoms with van der Waals surface area (Å²) in [6.07, 6.45) is 0.0735. The molecule has 1 saturated heterocycles. The standard InChI is InChI=1S/C13H16N2O4/c14-11(16)6-13(8-18-9-13)15-12(17)7-19-10-4-2-1-3-5-10/h1-5H,6-9H2,(H2,14,16)(H,15,17). The van der Waals surface area contributed by atoms with Crippen LogP contribution in [0, 0.1) is 0 Å². The van der Waals surface area contributed by atoms with Gasteiger partial charge in [-0.2, -0.15) is 0 Å². The third kappa shape index (κ3) is 3.69. The molecule has 1 fully saturated rings. The third-order valence-electron chi connectivity index (χ3n) is 2.79. The molecule has 102 valence electrons. The maximum absolute atomic E-state index is 11.8. The molecule has 0 radical (unpaired) electrons. The van der Waals surface area contributed by atoms with Crippen LogP contribution in [0.1, 0.15) is 6.42 Å². The highest BCUT2D eigenvalue weighted by atomic mass is 16.5. The molecule has 0 unspecified atom stereocenters. The second-order valence-electron chi connectivity index (χ2n) is 4.57. The molecule has 1 aliphatic heterocycles. The van der Waals surface area contributed by atoms with E-state index in [0.29, 0.717) is 19.0 Å². The lowest BCUT2D eigenvalue weighted by molar-refractivity contribution is -0.139. The molecule has 3 N–H and O–H groups in total. The number of ether oxygens (including phenoxy) is 2. The van der Waals surface area contributed by atoms with Crippen molar-refractivity contribution in [1.29, 1.82) is 0 Å². The van der Waals surface area contributed by atoms with Gasteiger partial charge in [-0.1, -0.05) is 18.2 Å². The van der Waals surface area contributed by atoms with E-state index in [2.05, 4.69) is 5.32 Å². The van der Waals surface area contributed by atoms with Gasteiger partial charge in [0.15, 0.2) is 6.61 Å². The van der Waals surface area contributed by atoms with Crippen molar-refractivity contribution in [2.24, 2.45) is 5.73 Å². The smallest absolute Gasteiger partial charge is 0.258 e. The molecule has 6 heteroatoms. The summed E-state index contributed by atoms with van der Waals surface area (Å²) in [7, 11) is 0. The van der Waals surface area contributed by atoms with Crippen LogP contribution in [-0.4, -0.2) is 37.2 Å². The minimum Gasteiger partial charge on any atom is -0.484 e. The van der Waals surface area contributed by atoms with Crippen molar-refractivity contribution in [3.8, 4) is 5.75 Å². The van der Waals surface area contributed by atoms with Crippen molar-refractivity contribution < 1.29 is 19.1 Å². The van der Waals surface area contributed by atoms with Gasteiger partial charge in [0.25, 0.3) is 5.91 Å². The van der Waals surface area contributed by atoms with Crippen LogP contribution in [0.4, 0.5) is 0 Å². The zero-order valence-electron chi connectivity index (χ0n) is 10.4. The maximum Gasteiger partial charge on any atom is 0.258 e. The van der Waals surface area contributed by atoms with Crippen LogP contribution in [0.5, 0.6) is 5.75 Å². The molecule has 0 bridgehead atoms. The van der Waals surface area contributed by atoms with Crippen LogP contribution in [0.3, 0.4) is 0 Å². The van der Waals surface area contributed by atoms with E-state index in [-0.39, 0.29) is 18.9 Å². The summed E-state index contributed by atoms with van der Waals surface area (Å²) in [6, 6.07) is 9.03. The van der Waals surface area contributed by atoms with Crippen molar-refractivity contribution in [2.75, 3.05) is 19.8 Å². The number of carbonyl (C=O) groups is 2. The lowest BCUT2D eigenvalue weighted by atomic mass is 9.92. The van der Waals surface area contributed by atoms with Gasteiger partial charge in [0.1, 0.15) is 5.75 Å². The number of primary amides is 1. The van der Waals surface area contributed by atoms with Crippen molar-refractivity contribution in [3.05, 3.63) is 30.3 Å². The van der Waals surface area contributed by atoms with Gasteiger partial charge < -0.3 is 20.5 Å². The van der Waals surface area contributed by atoms with E-state index in [1.807, 2.05) is 18.2 Å². The number of hydrogen-bond donors (Lipinski definition) is 2. The van der Waals surface area contributed by atoms with Crippen LogP contribution in [0.2, 0.25) is 0 Å². The molecule has 0 aliphatic carbocycles. The van der Waals surface area contributed by atoms with Gasteiger partial charge in [0, 0.05) is 0 Å². The summed E-state index contributed by atoms with van der Waals surface area (Å²) >= 11 is 0. The first-order chi connectivity index (χ1) is 9.10. The molecule has 6 nitrogen and oxygen atoms in total. The van der Waals surface area contributed by atoms with Crippen molar-refractivity contribution in [1.82, 2.24) is 5.32 Å². The molecule has 1 aliphatic rings. The van der Waals surface area contributed by atoms with E-state index in [1.165, 1.54) is 0 Å². The lowest BCUT2D eigenvalue weighted by Crippen LogP contribution is -2.64. The monoisotopic (exact) mass is 264 g/mol. The fourth-order valence-electron chi connectivity index (χ4n) is 1.90. The van der Waals surface area contributed by atoms with Crippen LogP contribution >= 0.6 is 0 Å². The Labute approximate surface area is 110 Å². The molecular weight excluding hydrogens is 248 g/mol. The minimum absolute atomic E-state index is 0.0735. The first-order valence-electron chi connectivity index (χ1n) is 5.95.